The van der Waals surface area contributed by atoms with Gasteiger partial charge in [0.15, 0.2) is 6.61 Å². The van der Waals surface area contributed by atoms with E-state index in [1.54, 1.807) is 26.4 Å². The van der Waals surface area contributed by atoms with Gasteiger partial charge in [0.1, 0.15) is 17.2 Å². The van der Waals surface area contributed by atoms with Crippen LogP contribution in [0, 0.1) is 0 Å². The molecule has 7 heteroatoms. The highest BCUT2D eigenvalue weighted by Crippen LogP contribution is 2.20. The number of hydrogen-bond donors (Lipinski definition) is 1. The Morgan fingerprint density at radius 3 is 2.33 bits per heavy atom. The highest BCUT2D eigenvalue weighted by molar-refractivity contribution is 5.77. The molecule has 1 saturated heterocycles. The monoisotopic (exact) mass is 413 g/mol. The molecule has 0 saturated carbocycles. The molecule has 0 bridgehead atoms. The molecule has 1 aliphatic heterocycles. The molecule has 3 rings (SSSR count). The van der Waals surface area contributed by atoms with Crippen molar-refractivity contribution in [3.05, 3.63) is 48.5 Å². The number of carbonyl (C=O) groups excluding carboxylic acids is 1. The number of anilines is 1. The maximum Gasteiger partial charge on any atom is 0.257 e. The molecular weight excluding hydrogens is 382 g/mol. The van der Waals surface area contributed by atoms with Gasteiger partial charge < -0.3 is 24.4 Å². The minimum absolute atomic E-state index is 0.00764. The van der Waals surface area contributed by atoms with Crippen molar-refractivity contribution in [2.24, 2.45) is 0 Å². The van der Waals surface area contributed by atoms with Crippen LogP contribution in [0.25, 0.3) is 0 Å². The predicted molar refractivity (Wildman–Crippen MR) is 118 cm³/mol. The van der Waals surface area contributed by atoms with E-state index >= 15 is 0 Å². The van der Waals surface area contributed by atoms with E-state index in [0.29, 0.717) is 18.0 Å². The molecule has 162 valence electrons. The summed E-state index contributed by atoms with van der Waals surface area (Å²) in [6, 6.07) is 15.5. The zero-order valence-electron chi connectivity index (χ0n) is 17.8. The minimum atomic E-state index is -0.109. The number of amides is 1. The van der Waals surface area contributed by atoms with E-state index in [-0.39, 0.29) is 12.5 Å². The Labute approximate surface area is 178 Å². The molecular formula is C23H31N3O4. The number of piperazine rings is 1. The fourth-order valence-corrected chi connectivity index (χ4v) is 3.44. The van der Waals surface area contributed by atoms with Crippen LogP contribution in [0.5, 0.6) is 17.2 Å². The van der Waals surface area contributed by atoms with Crippen molar-refractivity contribution in [3.63, 3.8) is 0 Å². The summed E-state index contributed by atoms with van der Waals surface area (Å²) >= 11 is 0. The Balaban J connectivity index is 1.28. The van der Waals surface area contributed by atoms with Gasteiger partial charge in [-0.3, -0.25) is 9.69 Å². The number of nitrogens with zero attached hydrogens (tertiary/aromatic N) is 2. The van der Waals surface area contributed by atoms with Crippen LogP contribution in [-0.2, 0) is 4.79 Å². The molecule has 1 heterocycles. The second-order valence-electron chi connectivity index (χ2n) is 7.20. The third-order valence-electron chi connectivity index (χ3n) is 5.19. The molecule has 1 fully saturated rings. The maximum absolute atomic E-state index is 12.0. The number of ether oxygens (including phenoxy) is 3. The smallest absolute Gasteiger partial charge is 0.257 e. The lowest BCUT2D eigenvalue weighted by Crippen LogP contribution is -2.47. The summed E-state index contributed by atoms with van der Waals surface area (Å²) < 4.78 is 15.9. The Morgan fingerprint density at radius 1 is 0.933 bits per heavy atom. The van der Waals surface area contributed by atoms with E-state index in [0.717, 1.165) is 44.9 Å². The molecule has 0 aliphatic carbocycles. The fraction of sp³-hybridized carbons (Fsp3) is 0.435. The minimum Gasteiger partial charge on any atom is -0.497 e. The summed E-state index contributed by atoms with van der Waals surface area (Å²) in [5.41, 5.74) is 1.23. The van der Waals surface area contributed by atoms with Gasteiger partial charge in [0.25, 0.3) is 5.91 Å². The second kappa shape index (κ2) is 11.3. The summed E-state index contributed by atoms with van der Waals surface area (Å²) in [6.45, 7) is 5.71. The Hall–Kier alpha value is -2.93. The molecule has 1 aliphatic rings. The van der Waals surface area contributed by atoms with Gasteiger partial charge >= 0.3 is 0 Å². The lowest BCUT2D eigenvalue weighted by atomic mass is 10.2. The third-order valence-corrected chi connectivity index (χ3v) is 5.19. The van der Waals surface area contributed by atoms with Crippen molar-refractivity contribution >= 4 is 11.6 Å². The first-order chi connectivity index (χ1) is 14.7. The molecule has 0 unspecified atom stereocenters. The van der Waals surface area contributed by atoms with Crippen LogP contribution in [0.3, 0.4) is 0 Å². The summed E-state index contributed by atoms with van der Waals surface area (Å²) in [6.07, 6.45) is 0.924. The molecule has 30 heavy (non-hydrogen) atoms. The van der Waals surface area contributed by atoms with Crippen LogP contribution < -0.4 is 24.4 Å². The fourth-order valence-electron chi connectivity index (χ4n) is 3.44. The average Bonchev–Trinajstić information content (AvgIpc) is 2.81. The maximum atomic E-state index is 12.0. The van der Waals surface area contributed by atoms with E-state index in [1.807, 2.05) is 24.3 Å². The topological polar surface area (TPSA) is 63.3 Å². The van der Waals surface area contributed by atoms with Crippen LogP contribution in [0.1, 0.15) is 6.42 Å². The zero-order valence-corrected chi connectivity index (χ0v) is 17.8. The van der Waals surface area contributed by atoms with Crippen LogP contribution in [0.15, 0.2) is 48.5 Å². The van der Waals surface area contributed by atoms with Gasteiger partial charge in [0, 0.05) is 44.5 Å². The van der Waals surface area contributed by atoms with Gasteiger partial charge in [0.2, 0.25) is 0 Å². The molecule has 1 amide bonds. The van der Waals surface area contributed by atoms with Gasteiger partial charge in [-0.2, -0.15) is 0 Å². The second-order valence-corrected chi connectivity index (χ2v) is 7.20. The molecule has 1 N–H and O–H groups in total. The van der Waals surface area contributed by atoms with E-state index < -0.39 is 0 Å². The molecule has 0 radical (unpaired) electrons. The molecule has 2 aromatic rings. The van der Waals surface area contributed by atoms with Crippen LogP contribution in [-0.4, -0.2) is 70.9 Å². The number of methoxy groups -OCH3 is 2. The first-order valence-corrected chi connectivity index (χ1v) is 10.3. The number of carbonyl (C=O) groups is 1. The molecule has 7 nitrogen and oxygen atoms in total. The molecule has 2 aromatic carbocycles. The quantitative estimate of drug-likeness (QED) is 0.604. The van der Waals surface area contributed by atoms with Gasteiger partial charge in [0.05, 0.1) is 14.2 Å². The van der Waals surface area contributed by atoms with Gasteiger partial charge in [-0.15, -0.1) is 0 Å². The third kappa shape index (κ3) is 6.56. The van der Waals surface area contributed by atoms with Gasteiger partial charge in [-0.05, 0) is 49.4 Å². The highest BCUT2D eigenvalue weighted by Gasteiger charge is 2.16. The van der Waals surface area contributed by atoms with Crippen molar-refractivity contribution in [2.45, 2.75) is 6.42 Å². The lowest BCUT2D eigenvalue weighted by Gasteiger charge is -2.36. The van der Waals surface area contributed by atoms with Crippen molar-refractivity contribution in [1.82, 2.24) is 10.2 Å². The Bertz CT molecular complexity index is 789. The van der Waals surface area contributed by atoms with Crippen molar-refractivity contribution < 1.29 is 19.0 Å². The first kappa shape index (κ1) is 21.8. The van der Waals surface area contributed by atoms with Crippen LogP contribution >= 0.6 is 0 Å². The number of benzene rings is 2. The van der Waals surface area contributed by atoms with E-state index in [4.69, 9.17) is 14.2 Å². The number of nitrogens with one attached hydrogen (secondary N) is 1. The normalized spacial score (nSPS) is 14.3. The van der Waals surface area contributed by atoms with Crippen LogP contribution in [0.4, 0.5) is 5.69 Å². The van der Waals surface area contributed by atoms with E-state index in [9.17, 15) is 4.79 Å². The van der Waals surface area contributed by atoms with E-state index in [2.05, 4.69) is 27.2 Å². The Kier molecular flexibility index (Phi) is 8.20. The molecule has 0 spiro atoms. The standard InChI is InChI=1S/C23H31N3O4/c1-28-20-9-7-19(8-10-20)26-15-13-25(14-16-26)12-4-11-24-23(27)18-30-22-6-3-5-21(17-22)29-2/h3,5-10,17H,4,11-16,18H2,1-2H3,(H,24,27). The summed E-state index contributed by atoms with van der Waals surface area (Å²) in [4.78, 5) is 16.8. The van der Waals surface area contributed by atoms with E-state index in [1.165, 1.54) is 5.69 Å². The van der Waals surface area contributed by atoms with Gasteiger partial charge in [-0.1, -0.05) is 6.07 Å². The summed E-state index contributed by atoms with van der Waals surface area (Å²) in [5, 5.41) is 2.92. The number of hydrogen-bond acceptors (Lipinski definition) is 6. The summed E-state index contributed by atoms with van der Waals surface area (Å²) in [5.74, 6) is 2.11. The van der Waals surface area contributed by atoms with Crippen molar-refractivity contribution in [2.75, 3.05) is 65.0 Å². The largest absolute Gasteiger partial charge is 0.497 e. The lowest BCUT2D eigenvalue weighted by molar-refractivity contribution is -0.123. The van der Waals surface area contributed by atoms with Crippen molar-refractivity contribution in [3.8, 4) is 17.2 Å². The first-order valence-electron chi connectivity index (χ1n) is 10.3. The summed E-state index contributed by atoms with van der Waals surface area (Å²) in [7, 11) is 3.29. The predicted octanol–water partition coefficient (Wildman–Crippen LogP) is 2.41. The average molecular weight is 414 g/mol. The Morgan fingerprint density at radius 2 is 1.63 bits per heavy atom. The van der Waals surface area contributed by atoms with Crippen molar-refractivity contribution in [1.29, 1.82) is 0 Å². The van der Waals surface area contributed by atoms with Crippen LogP contribution in [0.2, 0.25) is 0 Å². The zero-order chi connectivity index (χ0) is 21.2. The van der Waals surface area contributed by atoms with Gasteiger partial charge in [-0.25, -0.2) is 0 Å². The molecule has 0 atom stereocenters. The molecule has 0 aromatic heterocycles. The SMILES string of the molecule is COc1ccc(N2CCN(CCCNC(=O)COc3cccc(OC)c3)CC2)cc1. The highest BCUT2D eigenvalue weighted by atomic mass is 16.5. The number of rotatable bonds is 10.